The third-order valence-electron chi connectivity index (χ3n) is 3.28. The van der Waals surface area contributed by atoms with Gasteiger partial charge in [0.1, 0.15) is 0 Å². The predicted octanol–water partition coefficient (Wildman–Crippen LogP) is 3.04. The average molecular weight is 341 g/mol. The molecule has 102 valence electrons. The molecule has 0 atom stereocenters. The Kier molecular flexibility index (Phi) is 4.58. The van der Waals surface area contributed by atoms with Crippen molar-refractivity contribution in [1.29, 1.82) is 0 Å². The number of benzene rings is 1. The number of carbonyl (C=O) groups is 1. The molecule has 1 aromatic rings. The zero-order valence-electron chi connectivity index (χ0n) is 10.9. The van der Waals surface area contributed by atoms with E-state index >= 15 is 0 Å². The first-order chi connectivity index (χ1) is 8.99. The number of halogens is 1. The Balaban J connectivity index is 2.18. The number of thiocarbonyl (C=S) groups is 1. The highest BCUT2D eigenvalue weighted by molar-refractivity contribution is 9.10. The van der Waals surface area contributed by atoms with Gasteiger partial charge in [-0.25, -0.2) is 0 Å². The molecule has 1 amide bonds. The van der Waals surface area contributed by atoms with Crippen molar-refractivity contribution >= 4 is 39.0 Å². The van der Waals surface area contributed by atoms with E-state index in [1.165, 1.54) is 0 Å². The van der Waals surface area contributed by atoms with Gasteiger partial charge in [-0.2, -0.15) is 0 Å². The van der Waals surface area contributed by atoms with Crippen LogP contribution in [0.15, 0.2) is 22.7 Å². The summed E-state index contributed by atoms with van der Waals surface area (Å²) < 4.78 is 0.923. The third kappa shape index (κ3) is 3.76. The minimum Gasteiger partial charge on any atom is -0.393 e. The number of aryl methyl sites for hydroxylation is 1. The Morgan fingerprint density at radius 1 is 1.53 bits per heavy atom. The van der Waals surface area contributed by atoms with Crippen LogP contribution in [-0.4, -0.2) is 28.4 Å². The van der Waals surface area contributed by atoms with Crippen LogP contribution in [0.2, 0.25) is 0 Å². The Morgan fingerprint density at radius 2 is 2.21 bits per heavy atom. The van der Waals surface area contributed by atoms with Crippen LogP contribution in [0.5, 0.6) is 0 Å². The van der Waals surface area contributed by atoms with Gasteiger partial charge < -0.3 is 10.6 Å². The fourth-order valence-electron chi connectivity index (χ4n) is 2.05. The molecule has 1 fully saturated rings. The fourth-order valence-corrected chi connectivity index (χ4v) is 2.50. The lowest BCUT2D eigenvalue weighted by Crippen LogP contribution is -2.36. The maximum absolute atomic E-state index is 12.6. The Morgan fingerprint density at radius 3 is 2.79 bits per heavy atom. The van der Waals surface area contributed by atoms with Gasteiger partial charge in [0.2, 0.25) is 0 Å². The molecule has 0 aliphatic heterocycles. The second kappa shape index (κ2) is 6.01. The first-order valence-corrected chi connectivity index (χ1v) is 7.54. The largest absolute Gasteiger partial charge is 0.393 e. The summed E-state index contributed by atoms with van der Waals surface area (Å²) in [5, 5.41) is 0. The maximum atomic E-state index is 12.6. The summed E-state index contributed by atoms with van der Waals surface area (Å²) in [7, 11) is 0. The molecular formula is C14H17BrN2OS. The molecule has 0 saturated heterocycles. The van der Waals surface area contributed by atoms with Crippen molar-refractivity contribution in [3.63, 3.8) is 0 Å². The zero-order valence-corrected chi connectivity index (χ0v) is 13.3. The van der Waals surface area contributed by atoms with Crippen molar-refractivity contribution in [2.75, 3.05) is 6.54 Å². The molecule has 3 nitrogen and oxygen atoms in total. The van der Waals surface area contributed by atoms with Crippen LogP contribution in [0.3, 0.4) is 0 Å². The van der Waals surface area contributed by atoms with Gasteiger partial charge in [-0.05, 0) is 37.5 Å². The summed E-state index contributed by atoms with van der Waals surface area (Å²) in [6.07, 6.45) is 2.75. The van der Waals surface area contributed by atoms with Crippen LogP contribution in [0.25, 0.3) is 0 Å². The Hall–Kier alpha value is -0.940. The summed E-state index contributed by atoms with van der Waals surface area (Å²) in [5.74, 6) is 0.0811. The molecule has 2 rings (SSSR count). The normalized spacial score (nSPS) is 14.2. The lowest BCUT2D eigenvalue weighted by molar-refractivity contribution is 0.0747. The van der Waals surface area contributed by atoms with Crippen LogP contribution in [0.1, 0.15) is 35.2 Å². The second-order valence-corrected chi connectivity index (χ2v) is 6.35. The summed E-state index contributed by atoms with van der Waals surface area (Å²) in [6.45, 7) is 2.57. The van der Waals surface area contributed by atoms with Crippen LogP contribution in [0.4, 0.5) is 0 Å². The van der Waals surface area contributed by atoms with Crippen LogP contribution in [0, 0.1) is 6.92 Å². The van der Waals surface area contributed by atoms with Crippen molar-refractivity contribution in [3.8, 4) is 0 Å². The molecular weight excluding hydrogens is 324 g/mol. The van der Waals surface area contributed by atoms with Crippen molar-refractivity contribution in [2.45, 2.75) is 32.2 Å². The highest BCUT2D eigenvalue weighted by Gasteiger charge is 2.33. The number of carbonyl (C=O) groups excluding carboxylic acids is 1. The number of hydrogen-bond donors (Lipinski definition) is 1. The van der Waals surface area contributed by atoms with Gasteiger partial charge in [-0.3, -0.25) is 4.79 Å². The highest BCUT2D eigenvalue weighted by atomic mass is 79.9. The molecule has 0 heterocycles. The molecule has 1 aliphatic rings. The topological polar surface area (TPSA) is 46.3 Å². The molecule has 0 spiro atoms. The number of amides is 1. The molecule has 1 aliphatic carbocycles. The first kappa shape index (κ1) is 14.5. The van der Waals surface area contributed by atoms with E-state index in [4.69, 9.17) is 18.0 Å². The van der Waals surface area contributed by atoms with Gasteiger partial charge in [-0.1, -0.05) is 34.2 Å². The summed E-state index contributed by atoms with van der Waals surface area (Å²) in [5.41, 5.74) is 7.29. The van der Waals surface area contributed by atoms with Gasteiger partial charge in [0.25, 0.3) is 5.91 Å². The van der Waals surface area contributed by atoms with E-state index in [2.05, 4.69) is 15.9 Å². The molecule has 5 heteroatoms. The zero-order chi connectivity index (χ0) is 14.0. The van der Waals surface area contributed by atoms with Crippen LogP contribution >= 0.6 is 28.1 Å². The lowest BCUT2D eigenvalue weighted by Gasteiger charge is -2.23. The fraction of sp³-hybridized carbons (Fsp3) is 0.429. The molecule has 1 saturated carbocycles. The number of hydrogen-bond acceptors (Lipinski definition) is 2. The standard InChI is InChI=1S/C14H17BrN2OS/c1-9-2-3-10(15)8-12(9)14(18)17(11-4-5-11)7-6-13(16)19/h2-3,8,11H,4-7H2,1H3,(H2,16,19). The molecule has 0 aromatic heterocycles. The molecule has 0 unspecified atom stereocenters. The minimum atomic E-state index is 0.0811. The quantitative estimate of drug-likeness (QED) is 0.838. The van der Waals surface area contributed by atoms with E-state index in [1.54, 1.807) is 0 Å². The van der Waals surface area contributed by atoms with E-state index in [1.807, 2.05) is 30.0 Å². The van der Waals surface area contributed by atoms with Gasteiger partial charge in [-0.15, -0.1) is 0 Å². The average Bonchev–Trinajstić information content (AvgIpc) is 3.16. The van der Waals surface area contributed by atoms with Crippen LogP contribution < -0.4 is 5.73 Å². The van der Waals surface area contributed by atoms with Crippen molar-refractivity contribution < 1.29 is 4.79 Å². The van der Waals surface area contributed by atoms with E-state index in [0.717, 1.165) is 28.4 Å². The van der Waals surface area contributed by atoms with Gasteiger partial charge in [0.05, 0.1) is 4.99 Å². The van der Waals surface area contributed by atoms with Crippen molar-refractivity contribution in [3.05, 3.63) is 33.8 Å². The number of rotatable bonds is 5. The lowest BCUT2D eigenvalue weighted by atomic mass is 10.1. The van der Waals surface area contributed by atoms with Gasteiger partial charge in [0.15, 0.2) is 0 Å². The molecule has 2 N–H and O–H groups in total. The van der Waals surface area contributed by atoms with E-state index < -0.39 is 0 Å². The van der Waals surface area contributed by atoms with E-state index in [0.29, 0.717) is 24.0 Å². The molecule has 0 bridgehead atoms. The van der Waals surface area contributed by atoms with Crippen LogP contribution in [-0.2, 0) is 0 Å². The summed E-state index contributed by atoms with van der Waals surface area (Å²) in [4.78, 5) is 15.0. The van der Waals surface area contributed by atoms with Crippen molar-refractivity contribution in [2.24, 2.45) is 5.73 Å². The molecule has 19 heavy (non-hydrogen) atoms. The first-order valence-electron chi connectivity index (χ1n) is 6.34. The van der Waals surface area contributed by atoms with Gasteiger partial charge >= 0.3 is 0 Å². The SMILES string of the molecule is Cc1ccc(Br)cc1C(=O)N(CCC(N)=S)C1CC1. The minimum absolute atomic E-state index is 0.0811. The number of nitrogens with zero attached hydrogens (tertiary/aromatic N) is 1. The van der Waals surface area contributed by atoms with Gasteiger partial charge in [0, 0.05) is 29.0 Å². The maximum Gasteiger partial charge on any atom is 0.254 e. The number of nitrogens with two attached hydrogens (primary N) is 1. The predicted molar refractivity (Wildman–Crippen MR) is 84.3 cm³/mol. The highest BCUT2D eigenvalue weighted by Crippen LogP contribution is 2.29. The Bertz CT molecular complexity index is 514. The third-order valence-corrected chi connectivity index (χ3v) is 3.98. The summed E-state index contributed by atoms with van der Waals surface area (Å²) >= 11 is 8.32. The Labute approximate surface area is 127 Å². The monoisotopic (exact) mass is 340 g/mol. The smallest absolute Gasteiger partial charge is 0.254 e. The van der Waals surface area contributed by atoms with E-state index in [-0.39, 0.29) is 5.91 Å². The molecule has 0 radical (unpaired) electrons. The molecule has 1 aromatic carbocycles. The summed E-state index contributed by atoms with van der Waals surface area (Å²) in [6, 6.07) is 6.15. The van der Waals surface area contributed by atoms with E-state index in [9.17, 15) is 4.79 Å². The van der Waals surface area contributed by atoms with Crippen molar-refractivity contribution in [1.82, 2.24) is 4.90 Å². The second-order valence-electron chi connectivity index (χ2n) is 4.91.